The topological polar surface area (TPSA) is 40.1 Å². The number of hydrogen-bond donors (Lipinski definition) is 0. The summed E-state index contributed by atoms with van der Waals surface area (Å²) >= 11 is 0. The average Bonchev–Trinajstić information content (AvgIpc) is 2.25. The molecule has 0 saturated heterocycles. The van der Waals surface area contributed by atoms with Crippen LogP contribution in [0.15, 0.2) is 12.2 Å². The summed E-state index contributed by atoms with van der Waals surface area (Å²) in [7, 11) is 0. The molecular weight excluding hydrogens is 223 g/mol. The summed E-state index contributed by atoms with van der Waals surface area (Å²) in [6.07, 6.45) is 15.4. The minimum Gasteiger partial charge on any atom is -0.545 e. The maximum Gasteiger partial charge on any atom is 1.00 e. The molecule has 0 unspecified atom stereocenters. The minimum atomic E-state index is -1.09. The van der Waals surface area contributed by atoms with Crippen LogP contribution < -0.4 is 34.7 Å². The number of unbranched alkanes of at least 4 members (excludes halogenated alkanes) is 9. The predicted octanol–water partition coefficient (Wildman–Crippen LogP) is 0.217. The van der Waals surface area contributed by atoms with Gasteiger partial charge in [-0.05, 0) is 18.9 Å². The molecule has 0 atom stereocenters. The molecule has 0 N–H and O–H groups in total. The van der Waals surface area contributed by atoms with Gasteiger partial charge in [0.15, 0.2) is 0 Å². The zero-order valence-corrected chi connectivity index (χ0v) is 13.5. The van der Waals surface area contributed by atoms with E-state index in [0.717, 1.165) is 18.9 Å². The number of carbonyl (C=O) groups is 1. The molecule has 0 aromatic carbocycles. The number of carbonyl (C=O) groups excluding carboxylic acids is 1. The summed E-state index contributed by atoms with van der Waals surface area (Å²) in [5, 5.41) is 10.1. The number of rotatable bonds is 11. The van der Waals surface area contributed by atoms with E-state index in [9.17, 15) is 9.90 Å². The largest absolute Gasteiger partial charge is 1.00 e. The Morgan fingerprint density at radius 3 is 1.88 bits per heavy atom. The fourth-order valence-corrected chi connectivity index (χ4v) is 1.75. The van der Waals surface area contributed by atoms with E-state index in [4.69, 9.17) is 0 Å². The maximum absolute atomic E-state index is 10.1. The van der Waals surface area contributed by atoms with Crippen molar-refractivity contribution in [2.45, 2.75) is 71.1 Å². The van der Waals surface area contributed by atoms with Crippen molar-refractivity contribution in [2.75, 3.05) is 0 Å². The van der Waals surface area contributed by atoms with E-state index >= 15 is 0 Å². The van der Waals surface area contributed by atoms with E-state index in [1.54, 1.807) is 6.08 Å². The second-order valence-electron chi connectivity index (χ2n) is 4.34. The monoisotopic (exact) mass is 248 g/mol. The van der Waals surface area contributed by atoms with E-state index in [2.05, 4.69) is 6.92 Å². The molecule has 94 valence electrons. The van der Waals surface area contributed by atoms with Crippen molar-refractivity contribution in [3.05, 3.63) is 12.2 Å². The van der Waals surface area contributed by atoms with Gasteiger partial charge in [0.05, 0.1) is 5.97 Å². The van der Waals surface area contributed by atoms with Crippen LogP contribution in [-0.4, -0.2) is 5.97 Å². The summed E-state index contributed by atoms with van der Waals surface area (Å²) < 4.78 is 0. The van der Waals surface area contributed by atoms with Crippen molar-refractivity contribution in [3.8, 4) is 0 Å². The van der Waals surface area contributed by atoms with Gasteiger partial charge in [0, 0.05) is 0 Å². The second-order valence-corrected chi connectivity index (χ2v) is 4.34. The normalized spacial score (nSPS) is 10.4. The molecule has 0 amide bonds. The van der Waals surface area contributed by atoms with Crippen molar-refractivity contribution >= 4 is 5.97 Å². The predicted molar refractivity (Wildman–Crippen MR) is 66.0 cm³/mol. The van der Waals surface area contributed by atoms with E-state index in [1.807, 2.05) is 0 Å². The molecule has 0 aromatic heterocycles. The Balaban J connectivity index is 0. The molecule has 0 heterocycles. The van der Waals surface area contributed by atoms with Gasteiger partial charge in [-0.1, -0.05) is 64.4 Å². The average molecular weight is 248 g/mol. The molecule has 17 heavy (non-hydrogen) atoms. The zero-order chi connectivity index (χ0) is 12.1. The first kappa shape index (κ1) is 19.5. The van der Waals surface area contributed by atoms with Gasteiger partial charge in [0.1, 0.15) is 0 Å². The van der Waals surface area contributed by atoms with E-state index in [1.165, 1.54) is 51.4 Å². The van der Waals surface area contributed by atoms with Crippen LogP contribution in [0, 0.1) is 0 Å². The molecule has 0 aliphatic heterocycles. The second kappa shape index (κ2) is 16.2. The van der Waals surface area contributed by atoms with Crippen LogP contribution >= 0.6 is 0 Å². The van der Waals surface area contributed by atoms with Crippen molar-refractivity contribution in [1.82, 2.24) is 0 Å². The molecule has 3 heteroatoms. The van der Waals surface area contributed by atoms with Crippen LogP contribution in [-0.2, 0) is 4.79 Å². The molecule has 0 fully saturated rings. The van der Waals surface area contributed by atoms with Crippen molar-refractivity contribution in [3.63, 3.8) is 0 Å². The van der Waals surface area contributed by atoms with Gasteiger partial charge in [0.2, 0.25) is 0 Å². The zero-order valence-electron chi connectivity index (χ0n) is 11.5. The van der Waals surface area contributed by atoms with Gasteiger partial charge in [0.25, 0.3) is 0 Å². The molecule has 0 saturated carbocycles. The van der Waals surface area contributed by atoms with Gasteiger partial charge in [-0.2, -0.15) is 0 Å². The van der Waals surface area contributed by atoms with Crippen LogP contribution in [0.2, 0.25) is 0 Å². The smallest absolute Gasteiger partial charge is 0.545 e. The summed E-state index contributed by atoms with van der Waals surface area (Å²) in [4.78, 5) is 10.1. The van der Waals surface area contributed by atoms with Crippen LogP contribution in [0.1, 0.15) is 71.1 Å². The van der Waals surface area contributed by atoms with Gasteiger partial charge < -0.3 is 9.90 Å². The number of hydrogen-bond acceptors (Lipinski definition) is 2. The van der Waals surface area contributed by atoms with Gasteiger partial charge in [-0.3, -0.25) is 0 Å². The van der Waals surface area contributed by atoms with Crippen LogP contribution in [0.3, 0.4) is 0 Å². The van der Waals surface area contributed by atoms with Gasteiger partial charge in [-0.15, -0.1) is 0 Å². The van der Waals surface area contributed by atoms with E-state index < -0.39 is 5.97 Å². The number of carboxylic acids is 1. The Morgan fingerprint density at radius 2 is 1.41 bits per heavy atom. The Hall–Kier alpha value is 0.210. The molecular formula is C14H25NaO2. The molecule has 0 rings (SSSR count). The fraction of sp³-hybridized carbons (Fsp3) is 0.786. The Morgan fingerprint density at radius 1 is 0.941 bits per heavy atom. The first-order chi connectivity index (χ1) is 7.77. The molecule has 0 aliphatic carbocycles. The molecule has 0 aromatic rings. The molecule has 0 spiro atoms. The van der Waals surface area contributed by atoms with Crippen molar-refractivity contribution in [2.24, 2.45) is 0 Å². The molecule has 0 bridgehead atoms. The Kier molecular flexibility index (Phi) is 18.6. The summed E-state index contributed by atoms with van der Waals surface area (Å²) in [5.74, 6) is -1.09. The molecule has 2 nitrogen and oxygen atoms in total. The standard InChI is InChI=1S/C14H26O2.Na/c1-2-3-4-5-6-7-8-9-10-11-12-13-14(15)16;/h12-13H,2-11H2,1H3,(H,15,16);/q;+1/p-1. The number of allylic oxidation sites excluding steroid dienone is 1. The van der Waals surface area contributed by atoms with Crippen molar-refractivity contribution < 1.29 is 39.5 Å². The van der Waals surface area contributed by atoms with Crippen LogP contribution in [0.5, 0.6) is 0 Å². The van der Waals surface area contributed by atoms with Crippen molar-refractivity contribution in [1.29, 1.82) is 0 Å². The first-order valence-corrected chi connectivity index (χ1v) is 6.65. The third-order valence-corrected chi connectivity index (χ3v) is 2.73. The summed E-state index contributed by atoms with van der Waals surface area (Å²) in [6, 6.07) is 0. The van der Waals surface area contributed by atoms with Gasteiger partial charge in [-0.25, -0.2) is 0 Å². The number of carboxylic acid groups (broad SMARTS) is 1. The van der Waals surface area contributed by atoms with Gasteiger partial charge >= 0.3 is 29.6 Å². The van der Waals surface area contributed by atoms with Crippen LogP contribution in [0.25, 0.3) is 0 Å². The summed E-state index contributed by atoms with van der Waals surface area (Å²) in [5.41, 5.74) is 0. The first-order valence-electron chi connectivity index (χ1n) is 6.65. The minimum absolute atomic E-state index is 0. The third kappa shape index (κ3) is 18.8. The number of aliphatic carboxylic acids is 1. The van der Waals surface area contributed by atoms with E-state index in [0.29, 0.717) is 0 Å². The quantitative estimate of drug-likeness (QED) is 0.298. The molecule has 0 aliphatic rings. The van der Waals surface area contributed by atoms with Crippen LogP contribution in [0.4, 0.5) is 0 Å². The maximum atomic E-state index is 10.1. The Bertz CT molecular complexity index is 191. The molecule has 0 radical (unpaired) electrons. The third-order valence-electron chi connectivity index (χ3n) is 2.73. The Labute approximate surface area is 128 Å². The summed E-state index contributed by atoms with van der Waals surface area (Å²) in [6.45, 7) is 2.24. The van der Waals surface area contributed by atoms with E-state index in [-0.39, 0.29) is 29.6 Å². The SMILES string of the molecule is CCCCCCCCCCCC=CC(=O)[O-].[Na+]. The fourth-order valence-electron chi connectivity index (χ4n) is 1.75.